The molecule has 1 aliphatic heterocycles. The summed E-state index contributed by atoms with van der Waals surface area (Å²) in [7, 11) is 0. The molecule has 15 heavy (non-hydrogen) atoms. The predicted octanol–water partition coefficient (Wildman–Crippen LogP) is 1.72. The van der Waals surface area contributed by atoms with Crippen LogP contribution in [0.15, 0.2) is 36.4 Å². The summed E-state index contributed by atoms with van der Waals surface area (Å²) in [6, 6.07) is 7.74. The smallest absolute Gasteiger partial charge is 0.253 e. The molecule has 0 atom stereocenters. The second kappa shape index (κ2) is 4.14. The van der Waals surface area contributed by atoms with E-state index >= 15 is 0 Å². The average Bonchev–Trinajstić information content (AvgIpc) is 2.53. The van der Waals surface area contributed by atoms with Gasteiger partial charge in [0.1, 0.15) is 0 Å². The number of benzene rings is 1. The third-order valence-electron chi connectivity index (χ3n) is 2.15. The minimum atomic E-state index is -0.237. The quantitative estimate of drug-likeness (QED) is 0.616. The molecule has 0 aromatic heterocycles. The summed E-state index contributed by atoms with van der Waals surface area (Å²) in [6.45, 7) is 0.349. The second-order valence-electron chi connectivity index (χ2n) is 3.22. The molecule has 1 aromatic carbocycles. The van der Waals surface area contributed by atoms with E-state index in [2.05, 4.69) is 22.6 Å². The maximum Gasteiger partial charge on any atom is 0.253 e. The monoisotopic (exact) mass is 313 g/mol. The Morgan fingerprint density at radius 3 is 2.07 bits per heavy atom. The Hall–Kier alpha value is -1.17. The minimum Gasteiger partial charge on any atom is -0.271 e. The first kappa shape index (κ1) is 10.4. The van der Waals surface area contributed by atoms with Crippen LogP contribution in [0, 0.1) is 3.57 Å². The van der Waals surface area contributed by atoms with Crippen molar-refractivity contribution in [3.8, 4) is 0 Å². The highest BCUT2D eigenvalue weighted by Gasteiger charge is 2.22. The highest BCUT2D eigenvalue weighted by molar-refractivity contribution is 14.1. The number of carbonyl (C=O) groups excluding carboxylic acids is 2. The third kappa shape index (κ3) is 2.26. The fourth-order valence-electron chi connectivity index (χ4n) is 1.36. The van der Waals surface area contributed by atoms with E-state index in [-0.39, 0.29) is 11.8 Å². The van der Waals surface area contributed by atoms with Crippen molar-refractivity contribution in [2.24, 2.45) is 0 Å². The van der Waals surface area contributed by atoms with Crippen LogP contribution < -0.4 is 0 Å². The fourth-order valence-corrected chi connectivity index (χ4v) is 1.72. The van der Waals surface area contributed by atoms with E-state index in [1.54, 1.807) is 0 Å². The lowest BCUT2D eigenvalue weighted by Crippen LogP contribution is -2.29. The zero-order valence-electron chi connectivity index (χ0n) is 7.81. The SMILES string of the molecule is O=C1C=CC(=O)N1Cc1ccc(I)cc1. The first-order valence-electron chi connectivity index (χ1n) is 4.45. The van der Waals surface area contributed by atoms with E-state index in [9.17, 15) is 9.59 Å². The van der Waals surface area contributed by atoms with Crippen molar-refractivity contribution in [1.82, 2.24) is 4.90 Å². The minimum absolute atomic E-state index is 0.237. The molecule has 3 nitrogen and oxygen atoms in total. The van der Waals surface area contributed by atoms with Crippen LogP contribution in [0.2, 0.25) is 0 Å². The van der Waals surface area contributed by atoms with Crippen LogP contribution in [0.4, 0.5) is 0 Å². The lowest BCUT2D eigenvalue weighted by molar-refractivity contribution is -0.137. The van der Waals surface area contributed by atoms with Gasteiger partial charge in [-0.2, -0.15) is 0 Å². The van der Waals surface area contributed by atoms with Crippen molar-refractivity contribution in [1.29, 1.82) is 0 Å². The number of halogens is 1. The number of hydrogen-bond donors (Lipinski definition) is 0. The highest BCUT2D eigenvalue weighted by Crippen LogP contribution is 2.12. The van der Waals surface area contributed by atoms with Gasteiger partial charge in [0.15, 0.2) is 0 Å². The Morgan fingerprint density at radius 2 is 1.53 bits per heavy atom. The summed E-state index contributed by atoms with van der Waals surface area (Å²) in [5, 5.41) is 0. The van der Waals surface area contributed by atoms with Crippen molar-refractivity contribution in [2.45, 2.75) is 6.54 Å². The third-order valence-corrected chi connectivity index (χ3v) is 2.87. The number of amides is 2. The van der Waals surface area contributed by atoms with Gasteiger partial charge in [-0.15, -0.1) is 0 Å². The number of hydrogen-bond acceptors (Lipinski definition) is 2. The number of nitrogens with zero attached hydrogens (tertiary/aromatic N) is 1. The van der Waals surface area contributed by atoms with E-state index in [4.69, 9.17) is 0 Å². The Bertz CT molecular complexity index is 418. The molecule has 0 bridgehead atoms. The Labute approximate surface area is 101 Å². The molecule has 0 unspecified atom stereocenters. The maximum atomic E-state index is 11.3. The molecule has 0 spiro atoms. The van der Waals surface area contributed by atoms with Gasteiger partial charge in [0.25, 0.3) is 11.8 Å². The first-order chi connectivity index (χ1) is 7.16. The van der Waals surface area contributed by atoms with Gasteiger partial charge in [0.05, 0.1) is 6.54 Å². The van der Waals surface area contributed by atoms with Gasteiger partial charge in [0.2, 0.25) is 0 Å². The first-order valence-corrected chi connectivity index (χ1v) is 5.53. The van der Waals surface area contributed by atoms with Crippen LogP contribution in [0.5, 0.6) is 0 Å². The lowest BCUT2D eigenvalue weighted by atomic mass is 10.2. The van der Waals surface area contributed by atoms with Gasteiger partial charge in [-0.05, 0) is 40.3 Å². The summed E-state index contributed by atoms with van der Waals surface area (Å²) in [4.78, 5) is 23.8. The Kier molecular flexibility index (Phi) is 2.86. The molecule has 0 radical (unpaired) electrons. The summed E-state index contributed by atoms with van der Waals surface area (Å²) < 4.78 is 1.13. The number of rotatable bonds is 2. The summed E-state index contributed by atoms with van der Waals surface area (Å²) in [5.41, 5.74) is 0.959. The van der Waals surface area contributed by atoms with Gasteiger partial charge in [-0.25, -0.2) is 0 Å². The summed E-state index contributed by atoms with van der Waals surface area (Å²) in [5.74, 6) is -0.475. The standard InChI is InChI=1S/C11H8INO2/c12-9-3-1-8(2-4-9)7-13-10(14)5-6-11(13)15/h1-6H,7H2. The zero-order chi connectivity index (χ0) is 10.8. The molecule has 1 heterocycles. The molecule has 4 heteroatoms. The van der Waals surface area contributed by atoms with Crippen LogP contribution in [0.25, 0.3) is 0 Å². The van der Waals surface area contributed by atoms with Crippen LogP contribution in [0.1, 0.15) is 5.56 Å². The van der Waals surface area contributed by atoms with Crippen molar-refractivity contribution in [2.75, 3.05) is 0 Å². The molecular formula is C11H8INO2. The zero-order valence-corrected chi connectivity index (χ0v) is 9.97. The van der Waals surface area contributed by atoms with Crippen molar-refractivity contribution in [3.63, 3.8) is 0 Å². The molecule has 0 saturated carbocycles. The molecule has 2 amide bonds. The molecule has 2 rings (SSSR count). The molecule has 1 aromatic rings. The van der Waals surface area contributed by atoms with Crippen molar-refractivity contribution >= 4 is 34.4 Å². The summed E-state index contributed by atoms with van der Waals surface area (Å²) >= 11 is 2.21. The molecule has 76 valence electrons. The van der Waals surface area contributed by atoms with Gasteiger partial charge in [0, 0.05) is 15.7 Å². The number of imide groups is 1. The normalized spacial score (nSPS) is 15.1. The largest absolute Gasteiger partial charge is 0.271 e. The fraction of sp³-hybridized carbons (Fsp3) is 0.0909. The van der Waals surface area contributed by atoms with Gasteiger partial charge < -0.3 is 0 Å². The van der Waals surface area contributed by atoms with Crippen LogP contribution >= 0.6 is 22.6 Å². The number of carbonyl (C=O) groups is 2. The topological polar surface area (TPSA) is 37.4 Å². The van der Waals surface area contributed by atoms with E-state index in [0.717, 1.165) is 9.13 Å². The van der Waals surface area contributed by atoms with Crippen molar-refractivity contribution < 1.29 is 9.59 Å². The summed E-state index contributed by atoms with van der Waals surface area (Å²) in [6.07, 6.45) is 2.60. The van der Waals surface area contributed by atoms with Gasteiger partial charge >= 0.3 is 0 Å². The van der Waals surface area contributed by atoms with E-state index < -0.39 is 0 Å². The average molecular weight is 313 g/mol. The second-order valence-corrected chi connectivity index (χ2v) is 4.47. The molecule has 0 N–H and O–H groups in total. The van der Waals surface area contributed by atoms with Crippen molar-refractivity contribution in [3.05, 3.63) is 45.6 Å². The lowest BCUT2D eigenvalue weighted by Gasteiger charge is -2.13. The van der Waals surface area contributed by atoms with Gasteiger partial charge in [-0.1, -0.05) is 12.1 Å². The molecular weight excluding hydrogens is 305 g/mol. The van der Waals surface area contributed by atoms with E-state index in [0.29, 0.717) is 6.54 Å². The maximum absolute atomic E-state index is 11.3. The van der Waals surface area contributed by atoms with E-state index in [1.165, 1.54) is 17.1 Å². The van der Waals surface area contributed by atoms with Crippen LogP contribution in [-0.2, 0) is 16.1 Å². The van der Waals surface area contributed by atoms with Gasteiger partial charge in [-0.3, -0.25) is 14.5 Å². The Morgan fingerprint density at radius 1 is 1.00 bits per heavy atom. The predicted molar refractivity (Wildman–Crippen MR) is 63.9 cm³/mol. The van der Waals surface area contributed by atoms with Crippen LogP contribution in [-0.4, -0.2) is 16.7 Å². The molecule has 1 aliphatic rings. The molecule has 0 aliphatic carbocycles. The Balaban J connectivity index is 2.12. The molecule has 0 fully saturated rings. The molecule has 0 saturated heterocycles. The van der Waals surface area contributed by atoms with Crippen LogP contribution in [0.3, 0.4) is 0 Å². The highest BCUT2D eigenvalue weighted by atomic mass is 127. The van der Waals surface area contributed by atoms with E-state index in [1.807, 2.05) is 24.3 Å².